The minimum absolute atomic E-state index is 0.291. The smallest absolute Gasteiger partial charge is 0.124 e. The van der Waals surface area contributed by atoms with Crippen LogP contribution in [0.4, 0.5) is 0 Å². The molecule has 5 heteroatoms. The molecule has 2 fully saturated rings. The average Bonchev–Trinajstić information content (AvgIpc) is 3.13. The number of rotatable bonds is 2. The lowest BCUT2D eigenvalue weighted by Gasteiger charge is -2.35. The number of aromatic amines is 1. The van der Waals surface area contributed by atoms with E-state index in [1.165, 1.54) is 32.2 Å². The van der Waals surface area contributed by atoms with Crippen LogP contribution < -0.4 is 5.32 Å². The number of fused-ring (bicyclic) bond motifs is 1. The van der Waals surface area contributed by atoms with E-state index < -0.39 is 0 Å². The van der Waals surface area contributed by atoms with Gasteiger partial charge in [-0.25, -0.2) is 4.98 Å². The second-order valence-corrected chi connectivity index (χ2v) is 6.20. The minimum Gasteiger partial charge on any atom is -0.508 e. The lowest BCUT2D eigenvalue weighted by molar-refractivity contribution is 0.144. The van der Waals surface area contributed by atoms with E-state index in [0.29, 0.717) is 17.8 Å². The van der Waals surface area contributed by atoms with E-state index in [2.05, 4.69) is 15.2 Å². The van der Waals surface area contributed by atoms with Gasteiger partial charge >= 0.3 is 0 Å². The highest BCUT2D eigenvalue weighted by atomic mass is 16.3. The van der Waals surface area contributed by atoms with Crippen molar-refractivity contribution < 1.29 is 5.11 Å². The van der Waals surface area contributed by atoms with E-state index in [9.17, 15) is 5.11 Å². The van der Waals surface area contributed by atoms with Crippen LogP contribution in [-0.2, 0) is 0 Å². The van der Waals surface area contributed by atoms with Crippen LogP contribution in [-0.4, -0.2) is 45.7 Å². The molecule has 3 N–H and O–H groups in total. The van der Waals surface area contributed by atoms with E-state index in [0.717, 1.165) is 29.9 Å². The van der Waals surface area contributed by atoms with Gasteiger partial charge in [0.15, 0.2) is 0 Å². The Morgan fingerprint density at radius 3 is 2.90 bits per heavy atom. The lowest BCUT2D eigenvalue weighted by atomic mass is 10.0. The van der Waals surface area contributed by atoms with Gasteiger partial charge in [0.05, 0.1) is 17.1 Å². The molecule has 0 radical (unpaired) electrons. The van der Waals surface area contributed by atoms with Gasteiger partial charge in [0.2, 0.25) is 0 Å². The van der Waals surface area contributed by atoms with Crippen molar-refractivity contribution in [3.8, 4) is 5.75 Å². The lowest BCUT2D eigenvalue weighted by Crippen LogP contribution is -2.42. The van der Waals surface area contributed by atoms with Gasteiger partial charge in [0.25, 0.3) is 0 Å². The summed E-state index contributed by atoms with van der Waals surface area (Å²) in [5.41, 5.74) is 1.88. The minimum atomic E-state index is 0.291. The summed E-state index contributed by atoms with van der Waals surface area (Å²) < 4.78 is 0. The van der Waals surface area contributed by atoms with Gasteiger partial charge in [-0.15, -0.1) is 0 Å². The zero-order valence-electron chi connectivity index (χ0n) is 12.2. The van der Waals surface area contributed by atoms with Crippen LogP contribution in [0.5, 0.6) is 5.75 Å². The van der Waals surface area contributed by atoms with E-state index in [1.807, 2.05) is 6.07 Å². The first-order valence-electron chi connectivity index (χ1n) is 7.96. The number of hydrogen-bond acceptors (Lipinski definition) is 4. The second-order valence-electron chi connectivity index (χ2n) is 6.20. The number of hydrogen-bond donors (Lipinski definition) is 3. The second kappa shape index (κ2) is 5.31. The first kappa shape index (κ1) is 13.1. The molecule has 5 nitrogen and oxygen atoms in total. The molecule has 2 aliphatic rings. The summed E-state index contributed by atoms with van der Waals surface area (Å²) in [6, 6.07) is 6.43. The Bertz CT molecular complexity index is 632. The third-order valence-corrected chi connectivity index (χ3v) is 4.87. The van der Waals surface area contributed by atoms with Crippen LogP contribution in [0.1, 0.15) is 37.5 Å². The van der Waals surface area contributed by atoms with Gasteiger partial charge in [-0.05, 0) is 57.5 Å². The summed E-state index contributed by atoms with van der Waals surface area (Å²) in [6.07, 6.45) is 4.89. The number of benzene rings is 1. The van der Waals surface area contributed by atoms with Crippen molar-refractivity contribution in [3.05, 3.63) is 24.0 Å². The largest absolute Gasteiger partial charge is 0.508 e. The Hall–Kier alpha value is -1.59. The summed E-state index contributed by atoms with van der Waals surface area (Å²) in [7, 11) is 0. The average molecular weight is 286 g/mol. The fraction of sp³-hybridized carbons (Fsp3) is 0.562. The fourth-order valence-electron chi connectivity index (χ4n) is 3.83. The van der Waals surface area contributed by atoms with Crippen LogP contribution in [0.25, 0.3) is 11.0 Å². The number of piperidine rings is 1. The van der Waals surface area contributed by atoms with Crippen molar-refractivity contribution in [1.29, 1.82) is 0 Å². The number of likely N-dealkylation sites (tertiary alicyclic amines) is 1. The maximum Gasteiger partial charge on any atom is 0.124 e. The molecule has 0 spiro atoms. The normalized spacial score (nSPS) is 24.9. The summed E-state index contributed by atoms with van der Waals surface area (Å²) in [5.74, 6) is 1.35. The molecule has 112 valence electrons. The number of phenolic OH excluding ortho intramolecular Hbond substituents is 1. The van der Waals surface area contributed by atoms with Crippen molar-refractivity contribution in [1.82, 2.24) is 20.2 Å². The van der Waals surface area contributed by atoms with Crippen LogP contribution >= 0.6 is 0 Å². The maximum atomic E-state index is 9.60. The van der Waals surface area contributed by atoms with Gasteiger partial charge < -0.3 is 15.4 Å². The first-order chi connectivity index (χ1) is 10.3. The van der Waals surface area contributed by atoms with Crippen molar-refractivity contribution >= 4 is 11.0 Å². The van der Waals surface area contributed by atoms with E-state index in [4.69, 9.17) is 4.98 Å². The molecule has 1 atom stereocenters. The van der Waals surface area contributed by atoms with Crippen molar-refractivity contribution in [2.24, 2.45) is 0 Å². The third kappa shape index (κ3) is 2.40. The Balaban J connectivity index is 1.63. The number of imidazole rings is 1. The molecule has 0 amide bonds. The molecule has 4 rings (SSSR count). The molecule has 2 aromatic rings. The molecular weight excluding hydrogens is 264 g/mol. The van der Waals surface area contributed by atoms with Crippen molar-refractivity contribution in [3.63, 3.8) is 0 Å². The van der Waals surface area contributed by atoms with Crippen LogP contribution in [0, 0.1) is 0 Å². The van der Waals surface area contributed by atoms with Crippen molar-refractivity contribution in [2.75, 3.05) is 19.6 Å². The fourth-order valence-corrected chi connectivity index (χ4v) is 3.83. The number of nitrogens with one attached hydrogen (secondary N) is 2. The van der Waals surface area contributed by atoms with Gasteiger partial charge in [0, 0.05) is 12.1 Å². The molecule has 1 unspecified atom stereocenters. The highest BCUT2D eigenvalue weighted by molar-refractivity contribution is 5.76. The zero-order valence-corrected chi connectivity index (χ0v) is 12.2. The molecule has 3 heterocycles. The number of H-pyrrole nitrogens is 1. The summed E-state index contributed by atoms with van der Waals surface area (Å²) in [5, 5.41) is 13.0. The molecule has 2 saturated heterocycles. The molecule has 0 bridgehead atoms. The topological polar surface area (TPSA) is 64.2 Å². The molecule has 1 aromatic carbocycles. The highest BCUT2D eigenvalue weighted by Crippen LogP contribution is 2.35. The van der Waals surface area contributed by atoms with E-state index >= 15 is 0 Å². The number of aromatic hydroxyl groups is 1. The summed E-state index contributed by atoms with van der Waals surface area (Å²) >= 11 is 0. The Morgan fingerprint density at radius 1 is 1.19 bits per heavy atom. The van der Waals surface area contributed by atoms with Crippen LogP contribution in [0.15, 0.2) is 18.2 Å². The number of nitrogens with zero attached hydrogens (tertiary/aromatic N) is 2. The summed E-state index contributed by atoms with van der Waals surface area (Å²) in [4.78, 5) is 10.8. The van der Waals surface area contributed by atoms with Gasteiger partial charge in [-0.1, -0.05) is 0 Å². The maximum absolute atomic E-state index is 9.60. The number of aromatic nitrogens is 2. The molecular formula is C16H22N4O. The Morgan fingerprint density at radius 2 is 2.05 bits per heavy atom. The first-order valence-corrected chi connectivity index (χ1v) is 7.96. The van der Waals surface area contributed by atoms with E-state index in [-0.39, 0.29) is 0 Å². The number of phenols is 1. The molecule has 1 aromatic heterocycles. The van der Waals surface area contributed by atoms with Crippen LogP contribution in [0.2, 0.25) is 0 Å². The Kier molecular flexibility index (Phi) is 3.31. The Labute approximate surface area is 124 Å². The zero-order chi connectivity index (χ0) is 14.2. The quantitative estimate of drug-likeness (QED) is 0.791. The highest BCUT2D eigenvalue weighted by Gasteiger charge is 2.34. The van der Waals surface area contributed by atoms with E-state index in [1.54, 1.807) is 12.1 Å². The monoisotopic (exact) mass is 286 g/mol. The van der Waals surface area contributed by atoms with Crippen LogP contribution in [0.3, 0.4) is 0 Å². The molecule has 2 aliphatic heterocycles. The SMILES string of the molecule is Oc1ccc2nc(C3CCCN3C3CCNCC3)[nH]c2c1. The molecule has 0 aliphatic carbocycles. The standard InChI is InChI=1S/C16H22N4O/c21-12-3-4-13-14(10-12)19-16(18-13)15-2-1-9-20(15)11-5-7-17-8-6-11/h3-4,10-11,15,17,21H,1-2,5-9H2,(H,18,19). The predicted octanol–water partition coefficient (Wildman–Crippen LogP) is 2.16. The summed E-state index contributed by atoms with van der Waals surface area (Å²) in [6.45, 7) is 3.43. The predicted molar refractivity (Wildman–Crippen MR) is 82.3 cm³/mol. The van der Waals surface area contributed by atoms with Gasteiger partial charge in [0.1, 0.15) is 11.6 Å². The van der Waals surface area contributed by atoms with Gasteiger partial charge in [-0.3, -0.25) is 4.90 Å². The van der Waals surface area contributed by atoms with Crippen molar-refractivity contribution in [2.45, 2.75) is 37.8 Å². The van der Waals surface area contributed by atoms with Gasteiger partial charge in [-0.2, -0.15) is 0 Å². The molecule has 21 heavy (non-hydrogen) atoms. The molecule has 0 saturated carbocycles. The third-order valence-electron chi connectivity index (χ3n) is 4.87.